The summed E-state index contributed by atoms with van der Waals surface area (Å²) in [5.74, 6) is 0.510. The lowest BCUT2D eigenvalue weighted by molar-refractivity contribution is 0.285. The quantitative estimate of drug-likeness (QED) is 0.933. The molecule has 2 N–H and O–H groups in total. The van der Waals surface area contributed by atoms with Gasteiger partial charge in [-0.2, -0.15) is 5.10 Å². The van der Waals surface area contributed by atoms with Crippen LogP contribution in [0.2, 0.25) is 5.02 Å². The van der Waals surface area contributed by atoms with Gasteiger partial charge in [-0.25, -0.2) is 4.98 Å². The lowest BCUT2D eigenvalue weighted by Gasteiger charge is -2.24. The van der Waals surface area contributed by atoms with Crippen LogP contribution in [-0.2, 0) is 13.6 Å². The van der Waals surface area contributed by atoms with E-state index in [0.717, 1.165) is 44.8 Å². The second kappa shape index (κ2) is 6.54. The highest BCUT2D eigenvalue weighted by Crippen LogP contribution is 2.27. The lowest BCUT2D eigenvalue weighted by Crippen LogP contribution is -2.30. The molecule has 1 fully saturated rings. The van der Waals surface area contributed by atoms with Crippen LogP contribution < -0.4 is 10.6 Å². The van der Waals surface area contributed by atoms with Gasteiger partial charge >= 0.3 is 0 Å². The van der Waals surface area contributed by atoms with Crippen LogP contribution in [0.25, 0.3) is 0 Å². The Morgan fingerprint density at radius 3 is 2.86 bits per heavy atom. The fourth-order valence-electron chi connectivity index (χ4n) is 2.87. The molecule has 0 aromatic carbocycles. The maximum atomic E-state index is 6.27. The van der Waals surface area contributed by atoms with Gasteiger partial charge in [0.25, 0.3) is 0 Å². The zero-order valence-corrected chi connectivity index (χ0v) is 13.5. The first-order valence-corrected chi connectivity index (χ1v) is 7.85. The van der Waals surface area contributed by atoms with E-state index in [9.17, 15) is 0 Å². The van der Waals surface area contributed by atoms with Crippen molar-refractivity contribution in [3.63, 3.8) is 0 Å². The Labute approximate surface area is 135 Å². The highest BCUT2D eigenvalue weighted by atomic mass is 35.5. The number of rotatable bonds is 3. The molecule has 2 aromatic heterocycles. The summed E-state index contributed by atoms with van der Waals surface area (Å²) in [6.45, 7) is 4.92. The van der Waals surface area contributed by atoms with Gasteiger partial charge in [-0.1, -0.05) is 11.6 Å². The van der Waals surface area contributed by atoms with E-state index in [1.165, 1.54) is 5.56 Å². The first kappa shape index (κ1) is 15.1. The summed E-state index contributed by atoms with van der Waals surface area (Å²) in [7, 11) is 1.95. The number of aromatic nitrogens is 3. The van der Waals surface area contributed by atoms with E-state index >= 15 is 0 Å². The van der Waals surface area contributed by atoms with Crippen LogP contribution in [0, 0.1) is 0 Å². The molecule has 0 bridgehead atoms. The van der Waals surface area contributed by atoms with E-state index in [1.54, 1.807) is 6.20 Å². The van der Waals surface area contributed by atoms with Crippen molar-refractivity contribution in [1.82, 2.24) is 19.7 Å². The maximum absolute atomic E-state index is 6.27. The van der Waals surface area contributed by atoms with Crippen LogP contribution in [-0.4, -0.2) is 45.8 Å². The third-order valence-corrected chi connectivity index (χ3v) is 4.24. The zero-order chi connectivity index (χ0) is 15.5. The van der Waals surface area contributed by atoms with Crippen LogP contribution in [0.5, 0.6) is 0 Å². The summed E-state index contributed by atoms with van der Waals surface area (Å²) in [5, 5.41) is 4.89. The highest BCUT2D eigenvalue weighted by Gasteiger charge is 2.18. The summed E-state index contributed by atoms with van der Waals surface area (Å²) in [5.41, 5.74) is 8.02. The first-order chi connectivity index (χ1) is 10.6. The molecule has 0 amide bonds. The van der Waals surface area contributed by atoms with E-state index < -0.39 is 0 Å². The van der Waals surface area contributed by atoms with Crippen LogP contribution >= 0.6 is 11.6 Å². The van der Waals surface area contributed by atoms with E-state index in [2.05, 4.69) is 26.1 Å². The molecule has 118 valence electrons. The van der Waals surface area contributed by atoms with E-state index in [-0.39, 0.29) is 0 Å². The summed E-state index contributed by atoms with van der Waals surface area (Å²) >= 11 is 6.27. The highest BCUT2D eigenvalue weighted by molar-refractivity contribution is 6.33. The number of nitrogens with zero attached hydrogens (tertiary/aromatic N) is 5. The first-order valence-electron chi connectivity index (χ1n) is 7.47. The molecule has 0 saturated carbocycles. The van der Waals surface area contributed by atoms with Crippen molar-refractivity contribution in [2.75, 3.05) is 36.8 Å². The molecule has 22 heavy (non-hydrogen) atoms. The summed E-state index contributed by atoms with van der Waals surface area (Å²) in [6, 6.07) is 1.86. The molecular weight excluding hydrogens is 300 g/mol. The largest absolute Gasteiger partial charge is 0.384 e. The second-order valence-electron chi connectivity index (χ2n) is 5.70. The molecule has 2 aromatic rings. The minimum Gasteiger partial charge on any atom is -0.384 e. The normalized spacial score (nSPS) is 16.7. The Morgan fingerprint density at radius 1 is 1.23 bits per heavy atom. The van der Waals surface area contributed by atoms with Crippen molar-refractivity contribution in [2.45, 2.75) is 13.0 Å². The van der Waals surface area contributed by atoms with Gasteiger partial charge in [0.1, 0.15) is 5.82 Å². The van der Waals surface area contributed by atoms with E-state index in [0.29, 0.717) is 10.8 Å². The fourth-order valence-corrected chi connectivity index (χ4v) is 3.09. The standard InChI is InChI=1S/C15H21ClN6/c1-20-10-12(8-19-20)11-21-3-2-4-22(6-5-21)14-7-15(17)18-9-13(14)16/h7-10H,2-6,11H2,1H3,(H2,17,18). The lowest BCUT2D eigenvalue weighted by atomic mass is 10.3. The number of nitrogen functional groups attached to an aromatic ring is 1. The van der Waals surface area contributed by atoms with Gasteiger partial charge < -0.3 is 10.6 Å². The molecule has 7 heteroatoms. The fraction of sp³-hybridized carbons (Fsp3) is 0.467. The van der Waals surface area contributed by atoms with E-state index in [4.69, 9.17) is 17.3 Å². The van der Waals surface area contributed by atoms with Gasteiger partial charge in [0.2, 0.25) is 0 Å². The van der Waals surface area contributed by atoms with Crippen molar-refractivity contribution in [3.8, 4) is 0 Å². The summed E-state index contributed by atoms with van der Waals surface area (Å²) in [6.07, 6.45) is 6.73. The predicted octanol–water partition coefficient (Wildman–Crippen LogP) is 1.76. The Bertz CT molecular complexity index is 641. The third-order valence-electron chi connectivity index (χ3n) is 3.95. The molecule has 0 atom stereocenters. The topological polar surface area (TPSA) is 63.2 Å². The minimum atomic E-state index is 0.510. The number of hydrogen-bond acceptors (Lipinski definition) is 5. The number of halogens is 1. The molecule has 6 nitrogen and oxygen atoms in total. The predicted molar refractivity (Wildman–Crippen MR) is 89.0 cm³/mol. The Kier molecular flexibility index (Phi) is 4.49. The average Bonchev–Trinajstić information content (AvgIpc) is 2.76. The summed E-state index contributed by atoms with van der Waals surface area (Å²) in [4.78, 5) is 8.78. The molecule has 0 aliphatic carbocycles. The Balaban J connectivity index is 1.65. The van der Waals surface area contributed by atoms with Crippen molar-refractivity contribution in [1.29, 1.82) is 0 Å². The molecule has 0 unspecified atom stereocenters. The number of nitrogens with two attached hydrogens (primary N) is 1. The van der Waals surface area contributed by atoms with Gasteiger partial charge in [-0.15, -0.1) is 0 Å². The number of pyridine rings is 1. The average molecular weight is 321 g/mol. The third kappa shape index (κ3) is 3.51. The summed E-state index contributed by atoms with van der Waals surface area (Å²) < 4.78 is 1.85. The Hall–Kier alpha value is -1.79. The van der Waals surface area contributed by atoms with Crippen LogP contribution in [0.1, 0.15) is 12.0 Å². The monoisotopic (exact) mass is 320 g/mol. The van der Waals surface area contributed by atoms with Gasteiger partial charge in [0.05, 0.1) is 16.9 Å². The van der Waals surface area contributed by atoms with Crippen molar-refractivity contribution < 1.29 is 0 Å². The van der Waals surface area contributed by atoms with Crippen molar-refractivity contribution in [3.05, 3.63) is 35.2 Å². The molecule has 0 radical (unpaired) electrons. The number of anilines is 2. The van der Waals surface area contributed by atoms with Crippen LogP contribution in [0.4, 0.5) is 11.5 Å². The smallest absolute Gasteiger partial charge is 0.125 e. The van der Waals surface area contributed by atoms with Crippen LogP contribution in [0.3, 0.4) is 0 Å². The van der Waals surface area contributed by atoms with E-state index in [1.807, 2.05) is 24.0 Å². The molecule has 0 spiro atoms. The van der Waals surface area contributed by atoms with Crippen LogP contribution in [0.15, 0.2) is 24.7 Å². The second-order valence-corrected chi connectivity index (χ2v) is 6.11. The van der Waals surface area contributed by atoms with Gasteiger partial charge in [0, 0.05) is 63.8 Å². The SMILES string of the molecule is Cn1cc(CN2CCCN(c3cc(N)ncc3Cl)CC2)cn1. The molecular formula is C15H21ClN6. The minimum absolute atomic E-state index is 0.510. The maximum Gasteiger partial charge on any atom is 0.125 e. The Morgan fingerprint density at radius 2 is 2.09 bits per heavy atom. The number of hydrogen-bond donors (Lipinski definition) is 1. The van der Waals surface area contributed by atoms with Gasteiger partial charge in [-0.05, 0) is 6.42 Å². The molecule has 3 heterocycles. The zero-order valence-electron chi connectivity index (χ0n) is 12.7. The molecule has 1 saturated heterocycles. The molecule has 1 aliphatic heterocycles. The molecule has 1 aliphatic rings. The molecule has 3 rings (SSSR count). The van der Waals surface area contributed by atoms with Gasteiger partial charge in [-0.3, -0.25) is 9.58 Å². The van der Waals surface area contributed by atoms with Crippen molar-refractivity contribution in [2.24, 2.45) is 7.05 Å². The number of aryl methyl sites for hydroxylation is 1. The van der Waals surface area contributed by atoms with Gasteiger partial charge in [0.15, 0.2) is 0 Å². The van der Waals surface area contributed by atoms with Crippen molar-refractivity contribution >= 4 is 23.1 Å².